The average molecular weight is 574 g/mol. The Morgan fingerprint density at radius 2 is 1.56 bits per heavy atom. The van der Waals surface area contributed by atoms with Crippen molar-refractivity contribution < 1.29 is 19.1 Å². The SMILES string of the molecule is O=C(OCc1ccccc1)c1cc2c([nH]c3ccccc32)c(CCN[C@@H](Cn2ccnc2)C(=O)OCc2ccccc2)n1. The summed E-state index contributed by atoms with van der Waals surface area (Å²) in [6, 6.07) is 28.2. The zero-order valence-corrected chi connectivity index (χ0v) is 23.5. The summed E-state index contributed by atoms with van der Waals surface area (Å²) in [4.78, 5) is 38.6. The summed E-state index contributed by atoms with van der Waals surface area (Å²) in [7, 11) is 0. The molecule has 3 aromatic heterocycles. The first kappa shape index (κ1) is 27.9. The van der Waals surface area contributed by atoms with E-state index in [2.05, 4.69) is 15.3 Å². The number of benzene rings is 3. The van der Waals surface area contributed by atoms with E-state index in [0.29, 0.717) is 25.2 Å². The van der Waals surface area contributed by atoms with Gasteiger partial charge in [-0.3, -0.25) is 4.79 Å². The molecular weight excluding hydrogens is 542 g/mol. The van der Waals surface area contributed by atoms with Gasteiger partial charge in [-0.05, 0) is 23.3 Å². The molecule has 6 rings (SSSR count). The molecule has 0 unspecified atom stereocenters. The van der Waals surface area contributed by atoms with Crippen LogP contribution in [0, 0.1) is 0 Å². The van der Waals surface area contributed by atoms with Crippen LogP contribution in [0.1, 0.15) is 27.3 Å². The maximum atomic E-state index is 13.1. The normalized spacial score (nSPS) is 11.9. The van der Waals surface area contributed by atoms with Gasteiger partial charge in [0, 0.05) is 48.2 Å². The lowest BCUT2D eigenvalue weighted by Gasteiger charge is -2.18. The Hall–Kier alpha value is -5.28. The number of carbonyl (C=O) groups excluding carboxylic acids is 2. The molecule has 0 fully saturated rings. The molecule has 3 aromatic carbocycles. The van der Waals surface area contributed by atoms with E-state index in [1.165, 1.54) is 0 Å². The number of aromatic nitrogens is 4. The Balaban J connectivity index is 1.21. The molecule has 3 heterocycles. The van der Waals surface area contributed by atoms with Crippen molar-refractivity contribution in [2.45, 2.75) is 32.2 Å². The van der Waals surface area contributed by atoms with Gasteiger partial charge >= 0.3 is 11.9 Å². The standard InChI is InChI=1S/C34H31N5O4/c40-33(42-21-24-9-3-1-4-10-24)30-19-27-26-13-7-8-14-28(26)38-32(27)29(37-30)15-16-36-31(20-39-18-17-35-23-39)34(41)43-22-25-11-5-2-6-12-25/h1-14,17-19,23,31,36,38H,15-16,20-22H2/t31-/m0/s1. The number of nitrogens with zero attached hydrogens (tertiary/aromatic N) is 3. The molecular formula is C34H31N5O4. The van der Waals surface area contributed by atoms with Crippen LogP contribution in [0.25, 0.3) is 21.8 Å². The van der Waals surface area contributed by atoms with Crippen molar-refractivity contribution in [3.63, 3.8) is 0 Å². The van der Waals surface area contributed by atoms with E-state index >= 15 is 0 Å². The number of fused-ring (bicyclic) bond motifs is 3. The van der Waals surface area contributed by atoms with Crippen LogP contribution < -0.4 is 5.32 Å². The molecule has 0 bridgehead atoms. The second kappa shape index (κ2) is 13.1. The monoisotopic (exact) mass is 573 g/mol. The zero-order valence-electron chi connectivity index (χ0n) is 23.5. The van der Waals surface area contributed by atoms with Crippen molar-refractivity contribution in [3.8, 4) is 0 Å². The fourth-order valence-electron chi connectivity index (χ4n) is 5.02. The van der Waals surface area contributed by atoms with E-state index < -0.39 is 12.0 Å². The Morgan fingerprint density at radius 3 is 2.28 bits per heavy atom. The highest BCUT2D eigenvalue weighted by molar-refractivity contribution is 6.09. The predicted molar refractivity (Wildman–Crippen MR) is 163 cm³/mol. The number of H-pyrrole nitrogens is 1. The maximum absolute atomic E-state index is 13.1. The third-order valence-electron chi connectivity index (χ3n) is 7.21. The first-order valence-corrected chi connectivity index (χ1v) is 14.1. The third kappa shape index (κ3) is 6.79. The van der Waals surface area contributed by atoms with Gasteiger partial charge in [0.25, 0.3) is 0 Å². The molecule has 0 saturated heterocycles. The fourth-order valence-corrected chi connectivity index (χ4v) is 5.02. The Bertz CT molecular complexity index is 1820. The topological polar surface area (TPSA) is 111 Å². The van der Waals surface area contributed by atoms with Gasteiger partial charge in [-0.15, -0.1) is 0 Å². The second-order valence-electron chi connectivity index (χ2n) is 10.2. The molecule has 0 aliphatic heterocycles. The number of imidazole rings is 1. The van der Waals surface area contributed by atoms with Crippen molar-refractivity contribution in [1.29, 1.82) is 0 Å². The Labute approximate surface area is 248 Å². The number of hydrogen-bond donors (Lipinski definition) is 2. The van der Waals surface area contributed by atoms with Gasteiger partial charge in [-0.1, -0.05) is 78.9 Å². The van der Waals surface area contributed by atoms with E-state index in [0.717, 1.165) is 32.9 Å². The van der Waals surface area contributed by atoms with Gasteiger partial charge in [0.15, 0.2) is 0 Å². The molecule has 216 valence electrons. The van der Waals surface area contributed by atoms with Crippen molar-refractivity contribution in [2.75, 3.05) is 6.54 Å². The molecule has 0 aliphatic carbocycles. The van der Waals surface area contributed by atoms with Crippen LogP contribution in [-0.2, 0) is 40.4 Å². The lowest BCUT2D eigenvalue weighted by Crippen LogP contribution is -2.42. The number of rotatable bonds is 12. The fraction of sp³-hybridized carbons (Fsp3) is 0.176. The molecule has 6 aromatic rings. The number of esters is 2. The number of aromatic amines is 1. The van der Waals surface area contributed by atoms with Gasteiger partial charge in [-0.2, -0.15) is 0 Å². The predicted octanol–water partition coefficient (Wildman–Crippen LogP) is 5.21. The van der Waals surface area contributed by atoms with Crippen LogP contribution in [-0.4, -0.2) is 44.0 Å². The number of carbonyl (C=O) groups is 2. The molecule has 0 aliphatic rings. The quantitative estimate of drug-likeness (QED) is 0.193. The van der Waals surface area contributed by atoms with Crippen molar-refractivity contribution in [2.24, 2.45) is 0 Å². The largest absolute Gasteiger partial charge is 0.460 e. The van der Waals surface area contributed by atoms with E-state index in [1.54, 1.807) is 24.8 Å². The van der Waals surface area contributed by atoms with E-state index in [-0.39, 0.29) is 24.9 Å². The Morgan fingerprint density at radius 1 is 0.860 bits per heavy atom. The summed E-state index contributed by atoms with van der Waals surface area (Å²) >= 11 is 0. The minimum absolute atomic E-state index is 0.158. The van der Waals surface area contributed by atoms with Gasteiger partial charge in [0.2, 0.25) is 0 Å². The summed E-state index contributed by atoms with van der Waals surface area (Å²) in [5.41, 5.74) is 4.55. The molecule has 1 atom stereocenters. The minimum Gasteiger partial charge on any atom is -0.460 e. The smallest absolute Gasteiger partial charge is 0.357 e. The first-order valence-electron chi connectivity index (χ1n) is 14.1. The Kier molecular flexibility index (Phi) is 8.51. The molecule has 0 radical (unpaired) electrons. The van der Waals surface area contributed by atoms with E-state index in [4.69, 9.17) is 14.5 Å². The summed E-state index contributed by atoms with van der Waals surface area (Å²) in [5.74, 6) is -0.854. The van der Waals surface area contributed by atoms with Crippen molar-refractivity contribution in [3.05, 3.63) is 132 Å². The molecule has 9 heteroatoms. The van der Waals surface area contributed by atoms with Crippen LogP contribution >= 0.6 is 0 Å². The van der Waals surface area contributed by atoms with Crippen LogP contribution in [0.5, 0.6) is 0 Å². The van der Waals surface area contributed by atoms with Gasteiger partial charge in [0.05, 0.1) is 17.5 Å². The zero-order chi connectivity index (χ0) is 29.4. The first-order chi connectivity index (χ1) is 21.1. The summed E-state index contributed by atoms with van der Waals surface area (Å²) < 4.78 is 13.1. The van der Waals surface area contributed by atoms with E-state index in [9.17, 15) is 9.59 Å². The summed E-state index contributed by atoms with van der Waals surface area (Å²) in [5, 5.41) is 5.23. The molecule has 2 N–H and O–H groups in total. The summed E-state index contributed by atoms with van der Waals surface area (Å²) in [6.07, 6.45) is 5.60. The van der Waals surface area contributed by atoms with Crippen LogP contribution in [0.3, 0.4) is 0 Å². The molecule has 0 spiro atoms. The lowest BCUT2D eigenvalue weighted by molar-refractivity contribution is -0.147. The van der Waals surface area contributed by atoms with Gasteiger partial charge in [0.1, 0.15) is 24.9 Å². The minimum atomic E-state index is -0.616. The van der Waals surface area contributed by atoms with Crippen molar-refractivity contribution in [1.82, 2.24) is 24.8 Å². The molecule has 9 nitrogen and oxygen atoms in total. The highest BCUT2D eigenvalue weighted by Crippen LogP contribution is 2.28. The number of ether oxygens (including phenoxy) is 2. The summed E-state index contributed by atoms with van der Waals surface area (Å²) in [6.45, 7) is 1.12. The van der Waals surface area contributed by atoms with Gasteiger partial charge < -0.3 is 24.3 Å². The molecule has 0 saturated carbocycles. The lowest BCUT2D eigenvalue weighted by atomic mass is 10.1. The number of hydrogen-bond acceptors (Lipinski definition) is 7. The van der Waals surface area contributed by atoms with Gasteiger partial charge in [-0.25, -0.2) is 14.8 Å². The number of pyridine rings is 1. The maximum Gasteiger partial charge on any atom is 0.357 e. The average Bonchev–Trinajstić information content (AvgIpc) is 3.71. The highest BCUT2D eigenvalue weighted by Gasteiger charge is 2.22. The molecule has 43 heavy (non-hydrogen) atoms. The second-order valence-corrected chi connectivity index (χ2v) is 10.2. The highest BCUT2D eigenvalue weighted by atomic mass is 16.5. The van der Waals surface area contributed by atoms with Crippen LogP contribution in [0.2, 0.25) is 0 Å². The van der Waals surface area contributed by atoms with Crippen LogP contribution in [0.4, 0.5) is 0 Å². The third-order valence-corrected chi connectivity index (χ3v) is 7.21. The number of nitrogens with one attached hydrogen (secondary N) is 2. The van der Waals surface area contributed by atoms with Crippen molar-refractivity contribution >= 4 is 33.7 Å². The van der Waals surface area contributed by atoms with Crippen LogP contribution in [0.15, 0.2) is 110 Å². The van der Waals surface area contributed by atoms with E-state index in [1.807, 2.05) is 89.5 Å². The number of para-hydroxylation sites is 1. The molecule has 0 amide bonds.